The van der Waals surface area contributed by atoms with Crippen LogP contribution in [-0.2, 0) is 21.2 Å². The van der Waals surface area contributed by atoms with Gasteiger partial charge < -0.3 is 4.90 Å². The van der Waals surface area contributed by atoms with E-state index in [-0.39, 0.29) is 28.7 Å². The molecule has 1 aromatic carbocycles. The fourth-order valence-corrected chi connectivity index (χ4v) is 6.96. The van der Waals surface area contributed by atoms with E-state index in [0.717, 1.165) is 5.56 Å². The van der Waals surface area contributed by atoms with E-state index in [1.165, 1.54) is 18.7 Å². The van der Waals surface area contributed by atoms with Crippen molar-refractivity contribution in [1.82, 2.24) is 4.90 Å². The van der Waals surface area contributed by atoms with Crippen molar-refractivity contribution in [3.8, 4) is 0 Å². The minimum Gasteiger partial charge on any atom is -0.342 e. The summed E-state index contributed by atoms with van der Waals surface area (Å²) in [4.78, 5) is 17.3. The average Bonchev–Trinajstić information content (AvgIpc) is 2.85. The number of nitrogens with zero attached hydrogens (tertiary/aromatic N) is 2. The van der Waals surface area contributed by atoms with Crippen LogP contribution in [0.25, 0.3) is 0 Å². The number of carbonyl (C=O) groups is 1. The Bertz CT molecular complexity index is 748. The molecule has 2 fully saturated rings. The number of hydrogen-bond donors (Lipinski definition) is 0. The number of hydrogen-bond acceptors (Lipinski definition) is 4. The van der Waals surface area contributed by atoms with Gasteiger partial charge in [-0.15, -0.1) is 0 Å². The van der Waals surface area contributed by atoms with Gasteiger partial charge in [-0.1, -0.05) is 41.6 Å². The summed E-state index contributed by atoms with van der Waals surface area (Å²) in [5.74, 6) is -0.0425. The summed E-state index contributed by atoms with van der Waals surface area (Å²) >= 11 is 7.57. The predicted molar refractivity (Wildman–Crippen MR) is 88.9 cm³/mol. The molecular formula is C14H15ClN2O3S2. The van der Waals surface area contributed by atoms with Gasteiger partial charge in [0.15, 0.2) is 15.0 Å². The third-order valence-electron chi connectivity index (χ3n) is 3.73. The number of sulfone groups is 1. The van der Waals surface area contributed by atoms with E-state index in [2.05, 4.69) is 4.99 Å². The highest BCUT2D eigenvalue weighted by Gasteiger charge is 2.48. The van der Waals surface area contributed by atoms with Crippen LogP contribution in [0.3, 0.4) is 0 Å². The molecule has 0 N–H and O–H groups in total. The molecule has 2 aliphatic heterocycles. The first-order valence-electron chi connectivity index (χ1n) is 6.82. The summed E-state index contributed by atoms with van der Waals surface area (Å²) in [5.41, 5.74) is 0.894. The lowest BCUT2D eigenvalue weighted by molar-refractivity contribution is -0.115. The Morgan fingerprint density at radius 2 is 2.14 bits per heavy atom. The van der Waals surface area contributed by atoms with Crippen LogP contribution >= 0.6 is 23.4 Å². The summed E-state index contributed by atoms with van der Waals surface area (Å²) in [6, 6.07) is 7.27. The first kappa shape index (κ1) is 15.8. The largest absolute Gasteiger partial charge is 0.342 e. The quantitative estimate of drug-likeness (QED) is 0.808. The molecule has 1 amide bonds. The molecule has 22 heavy (non-hydrogen) atoms. The number of thioether (sulfide) groups is 1. The monoisotopic (exact) mass is 358 g/mol. The van der Waals surface area contributed by atoms with Gasteiger partial charge in [0.1, 0.15) is 0 Å². The summed E-state index contributed by atoms with van der Waals surface area (Å²) < 4.78 is 23.7. The second kappa shape index (κ2) is 5.86. The lowest BCUT2D eigenvalue weighted by atomic mass is 10.1. The normalized spacial score (nSPS) is 28.1. The molecule has 2 saturated heterocycles. The van der Waals surface area contributed by atoms with Gasteiger partial charge in [-0.25, -0.2) is 8.42 Å². The lowest BCUT2D eigenvalue weighted by Crippen LogP contribution is -2.37. The summed E-state index contributed by atoms with van der Waals surface area (Å²) in [6.07, 6.45) is 0. The van der Waals surface area contributed by atoms with Crippen molar-refractivity contribution >= 4 is 44.3 Å². The van der Waals surface area contributed by atoms with E-state index in [0.29, 0.717) is 16.7 Å². The molecule has 0 aliphatic carbocycles. The summed E-state index contributed by atoms with van der Waals surface area (Å²) in [6.45, 7) is 1.85. The van der Waals surface area contributed by atoms with Crippen LogP contribution in [0.4, 0.5) is 0 Å². The van der Waals surface area contributed by atoms with Gasteiger partial charge in [-0.3, -0.25) is 4.79 Å². The van der Waals surface area contributed by atoms with Gasteiger partial charge in [-0.2, -0.15) is 4.99 Å². The molecule has 118 valence electrons. The lowest BCUT2D eigenvalue weighted by Gasteiger charge is -2.24. The van der Waals surface area contributed by atoms with Crippen LogP contribution < -0.4 is 0 Å². The first-order chi connectivity index (χ1) is 10.4. The van der Waals surface area contributed by atoms with Gasteiger partial charge >= 0.3 is 0 Å². The SMILES string of the molecule is CC(=O)N=C1S[C@@H]2CS(=O)(=O)C[C@H]2N1Cc1ccccc1Cl. The minimum absolute atomic E-state index is 0.0643. The molecule has 0 unspecified atom stereocenters. The third-order valence-corrected chi connectivity index (χ3v) is 7.34. The Morgan fingerprint density at radius 3 is 2.82 bits per heavy atom. The third kappa shape index (κ3) is 3.16. The van der Waals surface area contributed by atoms with E-state index in [9.17, 15) is 13.2 Å². The van der Waals surface area contributed by atoms with Crippen molar-refractivity contribution in [3.05, 3.63) is 34.9 Å². The van der Waals surface area contributed by atoms with E-state index >= 15 is 0 Å². The predicted octanol–water partition coefficient (Wildman–Crippen LogP) is 1.96. The van der Waals surface area contributed by atoms with Crippen LogP contribution in [0.1, 0.15) is 12.5 Å². The van der Waals surface area contributed by atoms with E-state index < -0.39 is 9.84 Å². The van der Waals surface area contributed by atoms with Gasteiger partial charge in [0.25, 0.3) is 0 Å². The molecule has 0 saturated carbocycles. The maximum absolute atomic E-state index is 11.9. The number of amides is 1. The van der Waals surface area contributed by atoms with E-state index in [1.54, 1.807) is 6.07 Å². The second-order valence-electron chi connectivity index (χ2n) is 5.43. The number of aliphatic imine (C=N–C) groups is 1. The van der Waals surface area contributed by atoms with Crippen LogP contribution in [0, 0.1) is 0 Å². The fourth-order valence-electron chi connectivity index (χ4n) is 2.77. The Hall–Kier alpha value is -1.05. The van der Waals surface area contributed by atoms with Gasteiger partial charge in [-0.05, 0) is 11.6 Å². The average molecular weight is 359 g/mol. The fraction of sp³-hybridized carbons (Fsp3) is 0.429. The molecule has 0 spiro atoms. The molecule has 2 aliphatic rings. The second-order valence-corrected chi connectivity index (χ2v) is 9.20. The smallest absolute Gasteiger partial charge is 0.244 e. The molecule has 3 rings (SSSR count). The molecular weight excluding hydrogens is 344 g/mol. The minimum atomic E-state index is -3.03. The van der Waals surface area contributed by atoms with E-state index in [4.69, 9.17) is 11.6 Å². The van der Waals surface area contributed by atoms with Crippen molar-refractivity contribution in [3.63, 3.8) is 0 Å². The van der Waals surface area contributed by atoms with Crippen molar-refractivity contribution in [2.45, 2.75) is 24.8 Å². The molecule has 2 atom stereocenters. The molecule has 1 aromatic rings. The number of fused-ring (bicyclic) bond motifs is 1. The highest BCUT2D eigenvalue weighted by Crippen LogP contribution is 2.39. The van der Waals surface area contributed by atoms with Gasteiger partial charge in [0, 0.05) is 23.7 Å². The number of rotatable bonds is 2. The number of benzene rings is 1. The Labute approximate surface area is 138 Å². The molecule has 0 radical (unpaired) electrons. The maximum Gasteiger partial charge on any atom is 0.244 e. The molecule has 8 heteroatoms. The Morgan fingerprint density at radius 1 is 1.41 bits per heavy atom. The Kier molecular flexibility index (Phi) is 4.22. The summed E-state index contributed by atoms with van der Waals surface area (Å²) in [7, 11) is -3.03. The number of carbonyl (C=O) groups excluding carboxylic acids is 1. The topological polar surface area (TPSA) is 66.8 Å². The first-order valence-corrected chi connectivity index (χ1v) is 9.90. The van der Waals surface area contributed by atoms with Crippen molar-refractivity contribution in [2.75, 3.05) is 11.5 Å². The standard InChI is InChI=1S/C14H15ClN2O3S2/c1-9(18)16-14-17(6-10-4-2-3-5-11(10)15)12-7-22(19,20)8-13(12)21-14/h2-5,12-13H,6-8H2,1H3/t12-,13-/m1/s1. The van der Waals surface area contributed by atoms with Crippen molar-refractivity contribution < 1.29 is 13.2 Å². The Balaban J connectivity index is 1.93. The van der Waals surface area contributed by atoms with E-state index in [1.807, 2.05) is 23.1 Å². The summed E-state index contributed by atoms with van der Waals surface area (Å²) in [5, 5.41) is 1.15. The van der Waals surface area contributed by atoms with Gasteiger partial charge in [0.2, 0.25) is 5.91 Å². The number of halogens is 1. The molecule has 5 nitrogen and oxygen atoms in total. The van der Waals surface area contributed by atoms with Crippen LogP contribution in [0.2, 0.25) is 5.02 Å². The molecule has 0 bridgehead atoms. The maximum atomic E-state index is 11.9. The molecule has 2 heterocycles. The van der Waals surface area contributed by atoms with Crippen LogP contribution in [0.5, 0.6) is 0 Å². The van der Waals surface area contributed by atoms with Crippen molar-refractivity contribution in [1.29, 1.82) is 0 Å². The van der Waals surface area contributed by atoms with Crippen LogP contribution in [-0.4, -0.2) is 47.2 Å². The zero-order valence-electron chi connectivity index (χ0n) is 11.9. The molecule has 0 aromatic heterocycles. The number of amidine groups is 1. The zero-order chi connectivity index (χ0) is 15.9. The van der Waals surface area contributed by atoms with Crippen LogP contribution in [0.15, 0.2) is 29.3 Å². The highest BCUT2D eigenvalue weighted by atomic mass is 35.5. The highest BCUT2D eigenvalue weighted by molar-refractivity contribution is 8.15. The van der Waals surface area contributed by atoms with Gasteiger partial charge in [0.05, 0.1) is 17.5 Å². The zero-order valence-corrected chi connectivity index (χ0v) is 14.3. The van der Waals surface area contributed by atoms with Crippen molar-refractivity contribution in [2.24, 2.45) is 4.99 Å².